The van der Waals surface area contributed by atoms with Crippen LogP contribution >= 0.6 is 0 Å². The molecule has 1 fully saturated rings. The summed E-state index contributed by atoms with van der Waals surface area (Å²) < 4.78 is 18.0. The Morgan fingerprint density at radius 3 is 2.68 bits per heavy atom. The lowest BCUT2D eigenvalue weighted by molar-refractivity contribution is 0.0959. The van der Waals surface area contributed by atoms with Crippen LogP contribution in [0.4, 0.5) is 9.18 Å². The van der Waals surface area contributed by atoms with Crippen LogP contribution in [0.3, 0.4) is 0 Å². The maximum absolute atomic E-state index is 12.9. The number of rotatable bonds is 2. The van der Waals surface area contributed by atoms with Crippen molar-refractivity contribution in [2.24, 2.45) is 10.2 Å². The normalized spacial score (nSPS) is 20.7. The molecule has 6 heteroatoms. The number of amidine groups is 1. The number of carbonyl (C=O) groups excluding carboxylic acids is 1. The first-order chi connectivity index (χ1) is 9.04. The summed E-state index contributed by atoms with van der Waals surface area (Å²) in [5, 5.41) is 10.3. The molecule has 0 saturated carbocycles. The molecule has 1 aromatic rings. The molecule has 2 rings (SSSR count). The number of halogens is 1. The topological polar surface area (TPSA) is 63.1 Å². The highest BCUT2D eigenvalue weighted by atomic mass is 19.1. The Labute approximate surface area is 110 Å². The van der Waals surface area contributed by atoms with E-state index < -0.39 is 12.2 Å². The minimum atomic E-state index is -0.580. The first-order valence-corrected chi connectivity index (χ1v) is 5.85. The van der Waals surface area contributed by atoms with E-state index >= 15 is 0 Å². The lowest BCUT2D eigenvalue weighted by Crippen LogP contribution is -2.38. The maximum atomic E-state index is 12.9. The number of ether oxygens (including phenoxy) is 1. The van der Waals surface area contributed by atoms with Crippen LogP contribution in [-0.2, 0) is 4.74 Å². The van der Waals surface area contributed by atoms with E-state index in [4.69, 9.17) is 4.74 Å². The molecule has 1 unspecified atom stereocenters. The van der Waals surface area contributed by atoms with Gasteiger partial charge in [0.05, 0.1) is 0 Å². The monoisotopic (exact) mass is 263 g/mol. The van der Waals surface area contributed by atoms with Crippen LogP contribution in [0.15, 0.2) is 34.5 Å². The number of alkyl carbamates (subject to hydrolysis) is 1. The van der Waals surface area contributed by atoms with Crippen molar-refractivity contribution in [3.05, 3.63) is 35.6 Å². The Morgan fingerprint density at radius 2 is 2.05 bits per heavy atom. The van der Waals surface area contributed by atoms with Gasteiger partial charge in [0.15, 0.2) is 0 Å². The minimum Gasteiger partial charge on any atom is -0.441 e. The summed E-state index contributed by atoms with van der Waals surface area (Å²) in [6.45, 7) is 3.62. The van der Waals surface area contributed by atoms with Crippen LogP contribution in [0.5, 0.6) is 0 Å². The molecular formula is C13H14FN3O2. The minimum absolute atomic E-state index is 0.330. The fourth-order valence-corrected chi connectivity index (χ4v) is 1.63. The Bertz CT molecular complexity index is 533. The summed E-state index contributed by atoms with van der Waals surface area (Å²) in [7, 11) is 0. The van der Waals surface area contributed by atoms with E-state index in [0.717, 1.165) is 11.3 Å². The number of cyclic esters (lactones) is 1. The van der Waals surface area contributed by atoms with Crippen molar-refractivity contribution >= 4 is 17.6 Å². The predicted octanol–water partition coefficient (Wildman–Crippen LogP) is 2.79. The van der Waals surface area contributed by atoms with Gasteiger partial charge in [0.2, 0.25) is 0 Å². The van der Waals surface area contributed by atoms with Crippen molar-refractivity contribution in [1.29, 1.82) is 0 Å². The fraction of sp³-hybridized carbons (Fsp3) is 0.308. The third kappa shape index (κ3) is 3.61. The predicted molar refractivity (Wildman–Crippen MR) is 69.6 cm³/mol. The van der Waals surface area contributed by atoms with Crippen LogP contribution in [0.1, 0.15) is 31.9 Å². The van der Waals surface area contributed by atoms with Gasteiger partial charge in [0.1, 0.15) is 17.8 Å². The summed E-state index contributed by atoms with van der Waals surface area (Å²) in [6, 6.07) is 5.84. The van der Waals surface area contributed by atoms with Crippen molar-refractivity contribution in [1.82, 2.24) is 5.32 Å². The zero-order chi connectivity index (χ0) is 13.8. The number of carbonyl (C=O) groups is 1. The largest absolute Gasteiger partial charge is 0.441 e. The number of nitrogens with zero attached hydrogens (tertiary/aromatic N) is 2. The van der Waals surface area contributed by atoms with Gasteiger partial charge in [-0.2, -0.15) is 5.10 Å². The third-order valence-electron chi connectivity index (χ3n) is 2.49. The number of nitrogens with one attached hydrogen (secondary N) is 1. The highest BCUT2D eigenvalue weighted by Gasteiger charge is 2.26. The molecule has 19 heavy (non-hydrogen) atoms. The maximum Gasteiger partial charge on any atom is 0.413 e. The van der Waals surface area contributed by atoms with Crippen LogP contribution in [0.25, 0.3) is 0 Å². The molecule has 5 nitrogen and oxygen atoms in total. The van der Waals surface area contributed by atoms with Crippen molar-refractivity contribution in [3.63, 3.8) is 0 Å². The first kappa shape index (κ1) is 13.2. The van der Waals surface area contributed by atoms with Gasteiger partial charge in [0, 0.05) is 12.1 Å². The third-order valence-corrected chi connectivity index (χ3v) is 2.49. The van der Waals surface area contributed by atoms with E-state index in [1.165, 1.54) is 12.1 Å². The highest BCUT2D eigenvalue weighted by molar-refractivity contribution is 5.97. The molecule has 0 spiro atoms. The second-order valence-corrected chi connectivity index (χ2v) is 4.37. The summed E-state index contributed by atoms with van der Waals surface area (Å²) >= 11 is 0. The lowest BCUT2D eigenvalue weighted by atomic mass is 10.1. The van der Waals surface area contributed by atoms with Crippen LogP contribution in [0, 0.1) is 5.82 Å². The Hall–Kier alpha value is -2.24. The van der Waals surface area contributed by atoms with Gasteiger partial charge in [-0.15, -0.1) is 5.10 Å². The Balaban J connectivity index is 2.18. The number of hydrogen-bond donors (Lipinski definition) is 1. The van der Waals surface area contributed by atoms with Gasteiger partial charge in [0.25, 0.3) is 0 Å². The molecule has 0 aromatic heterocycles. The van der Waals surface area contributed by atoms with Gasteiger partial charge in [-0.1, -0.05) is 12.1 Å². The Kier molecular flexibility index (Phi) is 3.89. The average Bonchev–Trinajstić information content (AvgIpc) is 2.36. The second kappa shape index (κ2) is 5.60. The van der Waals surface area contributed by atoms with Crippen LogP contribution < -0.4 is 5.32 Å². The van der Waals surface area contributed by atoms with Gasteiger partial charge >= 0.3 is 6.09 Å². The number of benzene rings is 1. The van der Waals surface area contributed by atoms with E-state index in [-0.39, 0.29) is 5.82 Å². The summed E-state index contributed by atoms with van der Waals surface area (Å²) in [5.41, 5.74) is 1.51. The van der Waals surface area contributed by atoms with Crippen molar-refractivity contribution in [2.75, 3.05) is 0 Å². The SMILES string of the molecule is CC(C)=N/N=C1/CC(c2ccc(F)cc2)OC(=O)N1. The van der Waals surface area contributed by atoms with Crippen molar-refractivity contribution in [3.8, 4) is 0 Å². The molecular weight excluding hydrogens is 249 g/mol. The van der Waals surface area contributed by atoms with E-state index in [1.807, 2.05) is 13.8 Å². The standard InChI is InChI=1S/C13H14FN3O2/c1-8(2)16-17-12-7-11(19-13(18)15-12)9-3-5-10(14)6-4-9/h3-6,11H,7H2,1-2H3,(H,15,17,18). The molecule has 1 amide bonds. The van der Waals surface area contributed by atoms with Gasteiger partial charge < -0.3 is 4.74 Å². The molecule has 1 atom stereocenters. The number of amides is 1. The van der Waals surface area contributed by atoms with Crippen molar-refractivity contribution < 1.29 is 13.9 Å². The Morgan fingerprint density at radius 1 is 1.37 bits per heavy atom. The summed E-state index contributed by atoms with van der Waals surface area (Å²) in [5.74, 6) is 0.107. The second-order valence-electron chi connectivity index (χ2n) is 4.37. The summed E-state index contributed by atoms with van der Waals surface area (Å²) in [4.78, 5) is 11.4. The van der Waals surface area contributed by atoms with Crippen LogP contribution in [0.2, 0.25) is 0 Å². The van der Waals surface area contributed by atoms with E-state index in [0.29, 0.717) is 12.3 Å². The zero-order valence-corrected chi connectivity index (χ0v) is 10.7. The van der Waals surface area contributed by atoms with E-state index in [2.05, 4.69) is 15.5 Å². The number of hydrogen-bond acceptors (Lipinski definition) is 4. The molecule has 1 aliphatic heterocycles. The molecule has 100 valence electrons. The van der Waals surface area contributed by atoms with Gasteiger partial charge in [-0.05, 0) is 31.5 Å². The molecule has 0 radical (unpaired) electrons. The quantitative estimate of drug-likeness (QED) is 0.658. The van der Waals surface area contributed by atoms with E-state index in [1.54, 1.807) is 12.1 Å². The smallest absolute Gasteiger partial charge is 0.413 e. The molecule has 0 bridgehead atoms. The average molecular weight is 263 g/mol. The van der Waals surface area contributed by atoms with Crippen LogP contribution in [-0.4, -0.2) is 17.6 Å². The molecule has 1 heterocycles. The molecule has 1 aromatic carbocycles. The highest BCUT2D eigenvalue weighted by Crippen LogP contribution is 2.24. The molecule has 0 aliphatic carbocycles. The summed E-state index contributed by atoms with van der Waals surface area (Å²) in [6.07, 6.45) is -0.669. The molecule has 1 aliphatic rings. The molecule has 1 N–H and O–H groups in total. The van der Waals surface area contributed by atoms with Crippen molar-refractivity contribution in [2.45, 2.75) is 26.4 Å². The first-order valence-electron chi connectivity index (χ1n) is 5.85. The fourth-order valence-electron chi connectivity index (χ4n) is 1.63. The lowest BCUT2D eigenvalue weighted by Gasteiger charge is -2.24. The van der Waals surface area contributed by atoms with Gasteiger partial charge in [-0.25, -0.2) is 9.18 Å². The van der Waals surface area contributed by atoms with E-state index in [9.17, 15) is 9.18 Å². The zero-order valence-electron chi connectivity index (χ0n) is 10.7. The molecule has 1 saturated heterocycles. The van der Waals surface area contributed by atoms with Gasteiger partial charge in [-0.3, -0.25) is 5.32 Å².